The van der Waals surface area contributed by atoms with Crippen molar-refractivity contribution in [3.8, 4) is 0 Å². The van der Waals surface area contributed by atoms with Crippen molar-refractivity contribution in [2.75, 3.05) is 13.1 Å². The fourth-order valence-electron chi connectivity index (χ4n) is 2.63. The smallest absolute Gasteiger partial charge is 0.253 e. The Hall–Kier alpha value is -1.02. The first-order chi connectivity index (χ1) is 9.11. The van der Waals surface area contributed by atoms with Crippen molar-refractivity contribution < 1.29 is 4.79 Å². The molecule has 1 amide bonds. The number of piperidine rings is 1. The second-order valence-corrected chi connectivity index (χ2v) is 6.05. The lowest BCUT2D eigenvalue weighted by molar-refractivity contribution is 0.0690. The first-order valence-corrected chi connectivity index (χ1v) is 7.57. The summed E-state index contributed by atoms with van der Waals surface area (Å²) in [6.07, 6.45) is 3.04. The molecule has 3 heteroatoms. The number of carbonyl (C=O) groups is 1. The number of hydrogen-bond acceptors (Lipinski definition) is 1. The van der Waals surface area contributed by atoms with Gasteiger partial charge in [-0.15, -0.1) is 11.6 Å². The molecule has 1 fully saturated rings. The van der Waals surface area contributed by atoms with E-state index in [1.165, 1.54) is 5.56 Å². The van der Waals surface area contributed by atoms with Crippen molar-refractivity contribution in [3.05, 3.63) is 35.4 Å². The fraction of sp³-hybridized carbons (Fsp3) is 0.562. The van der Waals surface area contributed by atoms with Crippen LogP contribution in [0.4, 0.5) is 0 Å². The first kappa shape index (κ1) is 14.4. The lowest BCUT2D eigenvalue weighted by atomic mass is 9.93. The van der Waals surface area contributed by atoms with Crippen LogP contribution in [0.3, 0.4) is 0 Å². The Kier molecular flexibility index (Phi) is 4.87. The van der Waals surface area contributed by atoms with Crippen LogP contribution in [0.25, 0.3) is 0 Å². The highest BCUT2D eigenvalue weighted by molar-refractivity contribution is 6.20. The predicted octanol–water partition coefficient (Wildman–Crippen LogP) is 3.73. The molecular weight excluding hydrogens is 258 g/mol. The van der Waals surface area contributed by atoms with E-state index < -0.39 is 0 Å². The minimum Gasteiger partial charge on any atom is -0.339 e. The molecule has 1 atom stereocenters. The molecule has 2 rings (SSSR count). The number of aryl methyl sites for hydroxylation is 1. The standard InChI is InChI=1S/C16H22ClNO/c1-3-13-4-6-15(7-5-13)16(19)18-10-8-14(9-11-18)12(2)17/h4-7,12,14H,3,8-11H2,1-2H3. The van der Waals surface area contributed by atoms with Crippen LogP contribution in [0, 0.1) is 5.92 Å². The van der Waals surface area contributed by atoms with Crippen LogP contribution < -0.4 is 0 Å². The van der Waals surface area contributed by atoms with E-state index >= 15 is 0 Å². The van der Waals surface area contributed by atoms with Gasteiger partial charge in [0.15, 0.2) is 0 Å². The van der Waals surface area contributed by atoms with E-state index in [-0.39, 0.29) is 11.3 Å². The molecule has 1 unspecified atom stereocenters. The third kappa shape index (κ3) is 3.50. The summed E-state index contributed by atoms with van der Waals surface area (Å²) in [6.45, 7) is 5.83. The Morgan fingerprint density at radius 2 is 1.89 bits per heavy atom. The molecular formula is C16H22ClNO. The minimum absolute atomic E-state index is 0.156. The Labute approximate surface area is 120 Å². The highest BCUT2D eigenvalue weighted by Gasteiger charge is 2.25. The molecule has 19 heavy (non-hydrogen) atoms. The van der Waals surface area contributed by atoms with Gasteiger partial charge in [0.05, 0.1) is 0 Å². The largest absolute Gasteiger partial charge is 0.339 e. The SMILES string of the molecule is CCc1ccc(C(=O)N2CCC(C(C)Cl)CC2)cc1. The Morgan fingerprint density at radius 1 is 1.32 bits per heavy atom. The van der Waals surface area contributed by atoms with Crippen LogP contribution in [0.15, 0.2) is 24.3 Å². The summed E-state index contributed by atoms with van der Waals surface area (Å²) in [5.41, 5.74) is 2.07. The van der Waals surface area contributed by atoms with Crippen LogP contribution in [-0.4, -0.2) is 29.3 Å². The molecule has 2 nitrogen and oxygen atoms in total. The van der Waals surface area contributed by atoms with Gasteiger partial charge in [0, 0.05) is 24.0 Å². The Balaban J connectivity index is 1.97. The number of nitrogens with zero attached hydrogens (tertiary/aromatic N) is 1. The average Bonchev–Trinajstić information content (AvgIpc) is 2.46. The highest BCUT2D eigenvalue weighted by Crippen LogP contribution is 2.24. The maximum atomic E-state index is 12.4. The molecule has 0 aliphatic carbocycles. The quantitative estimate of drug-likeness (QED) is 0.772. The molecule has 104 valence electrons. The van der Waals surface area contributed by atoms with E-state index in [9.17, 15) is 4.79 Å². The number of amides is 1. The van der Waals surface area contributed by atoms with Crippen molar-refractivity contribution >= 4 is 17.5 Å². The van der Waals surface area contributed by atoms with Gasteiger partial charge < -0.3 is 4.90 Å². The third-order valence-electron chi connectivity index (χ3n) is 4.09. The van der Waals surface area contributed by atoms with E-state index in [0.717, 1.165) is 37.9 Å². The van der Waals surface area contributed by atoms with E-state index in [1.54, 1.807) is 0 Å². The molecule has 1 aliphatic rings. The monoisotopic (exact) mass is 279 g/mol. The molecule has 0 N–H and O–H groups in total. The van der Waals surface area contributed by atoms with Crippen LogP contribution >= 0.6 is 11.6 Å². The molecule has 0 bridgehead atoms. The number of carbonyl (C=O) groups excluding carboxylic acids is 1. The summed E-state index contributed by atoms with van der Waals surface area (Å²) in [4.78, 5) is 14.3. The maximum absolute atomic E-state index is 12.4. The van der Waals surface area contributed by atoms with Gasteiger partial charge in [0.1, 0.15) is 0 Å². The van der Waals surface area contributed by atoms with Crippen molar-refractivity contribution in [1.29, 1.82) is 0 Å². The molecule has 1 aromatic rings. The van der Waals surface area contributed by atoms with Gasteiger partial charge in [-0.1, -0.05) is 19.1 Å². The van der Waals surface area contributed by atoms with Crippen LogP contribution in [0.2, 0.25) is 0 Å². The molecule has 1 saturated heterocycles. The van der Waals surface area contributed by atoms with E-state index in [2.05, 4.69) is 6.92 Å². The van der Waals surface area contributed by atoms with E-state index in [0.29, 0.717) is 5.92 Å². The van der Waals surface area contributed by atoms with Crippen LogP contribution in [-0.2, 0) is 6.42 Å². The number of rotatable bonds is 3. The zero-order chi connectivity index (χ0) is 13.8. The van der Waals surface area contributed by atoms with Gasteiger partial charge >= 0.3 is 0 Å². The number of benzene rings is 1. The second kappa shape index (κ2) is 6.42. The molecule has 0 radical (unpaired) electrons. The Morgan fingerprint density at radius 3 is 2.37 bits per heavy atom. The lowest BCUT2D eigenvalue weighted by Crippen LogP contribution is -2.40. The molecule has 0 aromatic heterocycles. The lowest BCUT2D eigenvalue weighted by Gasteiger charge is -2.33. The summed E-state index contributed by atoms with van der Waals surface area (Å²) < 4.78 is 0. The highest BCUT2D eigenvalue weighted by atomic mass is 35.5. The van der Waals surface area contributed by atoms with E-state index in [4.69, 9.17) is 11.6 Å². The zero-order valence-corrected chi connectivity index (χ0v) is 12.5. The van der Waals surface area contributed by atoms with Gasteiger partial charge in [0.25, 0.3) is 5.91 Å². The van der Waals surface area contributed by atoms with Crippen molar-refractivity contribution in [1.82, 2.24) is 4.90 Å². The summed E-state index contributed by atoms with van der Waals surface area (Å²) in [7, 11) is 0. The third-order valence-corrected chi connectivity index (χ3v) is 4.44. The predicted molar refractivity (Wildman–Crippen MR) is 79.8 cm³/mol. The Bertz CT molecular complexity index is 419. The summed E-state index contributed by atoms with van der Waals surface area (Å²) in [6, 6.07) is 7.97. The first-order valence-electron chi connectivity index (χ1n) is 7.14. The van der Waals surface area contributed by atoms with Crippen LogP contribution in [0.5, 0.6) is 0 Å². The second-order valence-electron chi connectivity index (χ2n) is 5.36. The number of likely N-dealkylation sites (tertiary alicyclic amines) is 1. The molecule has 0 spiro atoms. The molecule has 1 aromatic carbocycles. The fourth-order valence-corrected chi connectivity index (χ4v) is 2.88. The van der Waals surface area contributed by atoms with Gasteiger partial charge in [-0.3, -0.25) is 4.79 Å². The van der Waals surface area contributed by atoms with Gasteiger partial charge in [-0.25, -0.2) is 0 Å². The van der Waals surface area contributed by atoms with Crippen molar-refractivity contribution in [2.24, 2.45) is 5.92 Å². The summed E-state index contributed by atoms with van der Waals surface area (Å²) >= 11 is 6.13. The number of halogens is 1. The normalized spacial score (nSPS) is 18.4. The summed E-state index contributed by atoms with van der Waals surface area (Å²) in [5, 5.41) is 0.209. The minimum atomic E-state index is 0.156. The van der Waals surface area contributed by atoms with Gasteiger partial charge in [0.2, 0.25) is 0 Å². The topological polar surface area (TPSA) is 20.3 Å². The number of alkyl halides is 1. The average molecular weight is 280 g/mol. The molecule has 0 saturated carbocycles. The number of hydrogen-bond donors (Lipinski definition) is 0. The summed E-state index contributed by atoms with van der Waals surface area (Å²) in [5.74, 6) is 0.705. The van der Waals surface area contributed by atoms with Crippen molar-refractivity contribution in [3.63, 3.8) is 0 Å². The zero-order valence-electron chi connectivity index (χ0n) is 11.7. The van der Waals surface area contributed by atoms with Crippen LogP contribution in [0.1, 0.15) is 42.6 Å². The van der Waals surface area contributed by atoms with E-state index in [1.807, 2.05) is 36.1 Å². The molecule has 1 aliphatic heterocycles. The van der Waals surface area contributed by atoms with Gasteiger partial charge in [-0.2, -0.15) is 0 Å². The maximum Gasteiger partial charge on any atom is 0.253 e. The van der Waals surface area contributed by atoms with Gasteiger partial charge in [-0.05, 0) is 49.8 Å². The van der Waals surface area contributed by atoms with Crippen molar-refractivity contribution in [2.45, 2.75) is 38.5 Å². The molecule has 1 heterocycles.